The number of rotatable bonds is 0. The highest BCUT2D eigenvalue weighted by molar-refractivity contribution is 9.11. The Morgan fingerprint density at radius 1 is 1.40 bits per heavy atom. The van der Waals surface area contributed by atoms with Crippen molar-refractivity contribution >= 4 is 60.2 Å². The molecule has 0 atom stereocenters. The summed E-state index contributed by atoms with van der Waals surface area (Å²) in [4.78, 5) is 13.6. The molecule has 0 aliphatic heterocycles. The SMILES string of the molecule is Cn1cnc2c(Cl)nc3sc(Br)nc3c21. The van der Waals surface area contributed by atoms with E-state index >= 15 is 0 Å². The Bertz CT molecular complexity index is 674. The number of fused-ring (bicyclic) bond motifs is 3. The van der Waals surface area contributed by atoms with Crippen LogP contribution >= 0.6 is 38.9 Å². The third-order valence-corrected chi connectivity index (χ3v) is 3.80. The predicted octanol–water partition coefficient (Wildman–Crippen LogP) is 2.99. The van der Waals surface area contributed by atoms with Gasteiger partial charge in [0.15, 0.2) is 9.07 Å². The van der Waals surface area contributed by atoms with Crippen LogP contribution in [0.4, 0.5) is 0 Å². The number of halogens is 2. The average Bonchev–Trinajstić information content (AvgIpc) is 2.69. The third kappa shape index (κ3) is 1.28. The van der Waals surface area contributed by atoms with E-state index in [-0.39, 0.29) is 0 Å². The molecule has 4 nitrogen and oxygen atoms in total. The van der Waals surface area contributed by atoms with Crippen LogP contribution in [0.5, 0.6) is 0 Å². The van der Waals surface area contributed by atoms with E-state index in [1.807, 2.05) is 11.6 Å². The number of imidazole rings is 1. The number of nitrogens with zero attached hydrogens (tertiary/aromatic N) is 4. The molecule has 76 valence electrons. The van der Waals surface area contributed by atoms with Crippen molar-refractivity contribution in [1.29, 1.82) is 0 Å². The molecule has 3 heterocycles. The van der Waals surface area contributed by atoms with E-state index in [0.717, 1.165) is 19.8 Å². The lowest BCUT2D eigenvalue weighted by atomic mass is 10.4. The smallest absolute Gasteiger partial charge is 0.161 e. The molecule has 0 N–H and O–H groups in total. The van der Waals surface area contributed by atoms with Gasteiger partial charge in [0.1, 0.15) is 21.4 Å². The third-order valence-electron chi connectivity index (χ3n) is 2.14. The highest BCUT2D eigenvalue weighted by Gasteiger charge is 2.14. The zero-order valence-electron chi connectivity index (χ0n) is 7.53. The van der Waals surface area contributed by atoms with Crippen LogP contribution in [0.1, 0.15) is 0 Å². The van der Waals surface area contributed by atoms with Crippen molar-refractivity contribution < 1.29 is 0 Å². The fourth-order valence-corrected chi connectivity index (χ4v) is 3.10. The van der Waals surface area contributed by atoms with E-state index in [0.29, 0.717) is 10.7 Å². The van der Waals surface area contributed by atoms with Crippen LogP contribution in [0.2, 0.25) is 5.15 Å². The summed E-state index contributed by atoms with van der Waals surface area (Å²) in [5.41, 5.74) is 2.46. The molecule has 15 heavy (non-hydrogen) atoms. The molecule has 0 saturated carbocycles. The van der Waals surface area contributed by atoms with Crippen molar-refractivity contribution in [3.05, 3.63) is 15.4 Å². The van der Waals surface area contributed by atoms with Gasteiger partial charge in [-0.25, -0.2) is 15.0 Å². The topological polar surface area (TPSA) is 43.6 Å². The average molecular weight is 304 g/mol. The van der Waals surface area contributed by atoms with Crippen LogP contribution in [0.15, 0.2) is 10.2 Å². The van der Waals surface area contributed by atoms with E-state index < -0.39 is 0 Å². The molecule has 0 unspecified atom stereocenters. The van der Waals surface area contributed by atoms with Gasteiger partial charge in [-0.2, -0.15) is 0 Å². The van der Waals surface area contributed by atoms with Crippen molar-refractivity contribution in [2.45, 2.75) is 0 Å². The molecule has 0 bridgehead atoms. The summed E-state index contributed by atoms with van der Waals surface area (Å²) in [6.45, 7) is 0. The number of aromatic nitrogens is 4. The molecule has 0 aliphatic carbocycles. The molecule has 0 aliphatic rings. The summed E-state index contributed by atoms with van der Waals surface area (Å²) in [6, 6.07) is 0. The highest BCUT2D eigenvalue weighted by atomic mass is 79.9. The van der Waals surface area contributed by atoms with Gasteiger partial charge in [-0.3, -0.25) is 0 Å². The first-order chi connectivity index (χ1) is 7.16. The Morgan fingerprint density at radius 2 is 2.20 bits per heavy atom. The van der Waals surface area contributed by atoms with Gasteiger partial charge in [-0.05, 0) is 15.9 Å². The number of thiazole rings is 1. The van der Waals surface area contributed by atoms with Crippen LogP contribution in [-0.4, -0.2) is 19.5 Å². The largest absolute Gasteiger partial charge is 0.332 e. The number of hydrogen-bond donors (Lipinski definition) is 0. The van der Waals surface area contributed by atoms with Crippen LogP contribution in [0.3, 0.4) is 0 Å². The number of aryl methyl sites for hydroxylation is 1. The van der Waals surface area contributed by atoms with Crippen LogP contribution in [-0.2, 0) is 7.05 Å². The predicted molar refractivity (Wildman–Crippen MR) is 64.4 cm³/mol. The minimum Gasteiger partial charge on any atom is -0.332 e. The normalized spacial score (nSPS) is 11.7. The van der Waals surface area contributed by atoms with Gasteiger partial charge >= 0.3 is 0 Å². The van der Waals surface area contributed by atoms with E-state index in [9.17, 15) is 0 Å². The summed E-state index contributed by atoms with van der Waals surface area (Å²) in [7, 11) is 1.92. The quantitative estimate of drug-likeness (QED) is 0.600. The maximum Gasteiger partial charge on any atom is 0.161 e. The van der Waals surface area contributed by atoms with Gasteiger partial charge in [0.05, 0.1) is 6.33 Å². The van der Waals surface area contributed by atoms with Crippen molar-refractivity contribution in [2.75, 3.05) is 0 Å². The Balaban J connectivity index is 2.66. The van der Waals surface area contributed by atoms with Crippen molar-refractivity contribution in [2.24, 2.45) is 7.05 Å². The van der Waals surface area contributed by atoms with Gasteiger partial charge in [0.2, 0.25) is 0 Å². The lowest BCUT2D eigenvalue weighted by Crippen LogP contribution is -1.87. The minimum atomic E-state index is 0.425. The fraction of sp³-hybridized carbons (Fsp3) is 0.125. The lowest BCUT2D eigenvalue weighted by molar-refractivity contribution is 0.949. The van der Waals surface area contributed by atoms with Crippen LogP contribution in [0.25, 0.3) is 21.4 Å². The van der Waals surface area contributed by atoms with Crippen molar-refractivity contribution in [3.63, 3.8) is 0 Å². The number of hydrogen-bond acceptors (Lipinski definition) is 4. The van der Waals surface area contributed by atoms with Gasteiger partial charge in [0, 0.05) is 7.05 Å². The maximum absolute atomic E-state index is 6.04. The summed E-state index contributed by atoms with van der Waals surface area (Å²) >= 11 is 10.8. The van der Waals surface area contributed by atoms with Crippen LogP contribution in [0, 0.1) is 0 Å². The molecule has 0 spiro atoms. The van der Waals surface area contributed by atoms with Gasteiger partial charge in [-0.15, -0.1) is 0 Å². The second-order valence-corrected chi connectivity index (χ2v) is 5.69. The summed E-state index contributed by atoms with van der Waals surface area (Å²) in [6.07, 6.45) is 1.71. The second kappa shape index (κ2) is 3.13. The zero-order chi connectivity index (χ0) is 10.6. The Labute approximate surface area is 102 Å². The molecule has 3 rings (SSSR count). The van der Waals surface area contributed by atoms with Gasteiger partial charge in [0.25, 0.3) is 0 Å². The summed E-state index contributed by atoms with van der Waals surface area (Å²) in [5.74, 6) is 0. The summed E-state index contributed by atoms with van der Waals surface area (Å²) < 4.78 is 2.70. The first-order valence-corrected chi connectivity index (χ1v) is 6.08. The molecule has 3 aromatic heterocycles. The van der Waals surface area contributed by atoms with E-state index in [2.05, 4.69) is 30.9 Å². The van der Waals surface area contributed by atoms with Crippen molar-refractivity contribution in [1.82, 2.24) is 19.5 Å². The maximum atomic E-state index is 6.04. The highest BCUT2D eigenvalue weighted by Crippen LogP contribution is 2.32. The minimum absolute atomic E-state index is 0.425. The molecule has 0 amide bonds. The molecule has 0 radical (unpaired) electrons. The standard InChI is InChI=1S/C8H4BrClN4S/c1-14-2-11-3-5(14)4-7(13-6(3)10)15-8(9)12-4/h2H,1H3. The second-order valence-electron chi connectivity index (χ2n) is 3.08. The van der Waals surface area contributed by atoms with E-state index in [1.54, 1.807) is 6.33 Å². The van der Waals surface area contributed by atoms with Gasteiger partial charge < -0.3 is 4.57 Å². The van der Waals surface area contributed by atoms with Gasteiger partial charge in [-0.1, -0.05) is 22.9 Å². The van der Waals surface area contributed by atoms with E-state index in [4.69, 9.17) is 11.6 Å². The Morgan fingerprint density at radius 3 is 3.00 bits per heavy atom. The molecule has 7 heteroatoms. The molecule has 0 fully saturated rings. The molecule has 0 aromatic carbocycles. The molecule has 3 aromatic rings. The van der Waals surface area contributed by atoms with E-state index in [1.165, 1.54) is 11.3 Å². The number of pyridine rings is 1. The molecular formula is C8H4BrClN4S. The molecular weight excluding hydrogens is 300 g/mol. The molecule has 0 saturated heterocycles. The summed E-state index contributed by atoms with van der Waals surface area (Å²) in [5, 5.41) is 0.425. The Kier molecular flexibility index (Phi) is 1.99. The first-order valence-electron chi connectivity index (χ1n) is 4.09. The Hall–Kier alpha value is -0.720. The fourth-order valence-electron chi connectivity index (χ4n) is 1.52. The monoisotopic (exact) mass is 302 g/mol. The lowest BCUT2D eigenvalue weighted by Gasteiger charge is -1.96. The van der Waals surface area contributed by atoms with Crippen LogP contribution < -0.4 is 0 Å². The first kappa shape index (κ1) is 9.50. The zero-order valence-corrected chi connectivity index (χ0v) is 10.7. The van der Waals surface area contributed by atoms with Crippen molar-refractivity contribution in [3.8, 4) is 0 Å².